The van der Waals surface area contributed by atoms with Crippen LogP contribution in [0.5, 0.6) is 5.75 Å². The molecule has 0 bridgehead atoms. The minimum Gasteiger partial charge on any atom is -0.483 e. The van der Waals surface area contributed by atoms with E-state index in [1.165, 1.54) is 0 Å². The van der Waals surface area contributed by atoms with E-state index >= 15 is 0 Å². The number of carbonyl (C=O) groups excluding carboxylic acids is 3. The van der Waals surface area contributed by atoms with Gasteiger partial charge in [-0.2, -0.15) is 0 Å². The molecule has 7 nitrogen and oxygen atoms in total. The Morgan fingerprint density at radius 1 is 0.844 bits per heavy atom. The lowest BCUT2D eigenvalue weighted by Crippen LogP contribution is -2.43. The molecule has 0 aliphatic carbocycles. The second-order valence-electron chi connectivity index (χ2n) is 7.10. The highest BCUT2D eigenvalue weighted by atomic mass is 79.9. The summed E-state index contributed by atoms with van der Waals surface area (Å²) in [5.41, 5.74) is 7.95. The van der Waals surface area contributed by atoms with E-state index in [1.807, 2.05) is 38.1 Å². The number of benzene rings is 3. The first-order chi connectivity index (χ1) is 15.3. The van der Waals surface area contributed by atoms with Crippen LogP contribution in [0.2, 0.25) is 0 Å². The van der Waals surface area contributed by atoms with Crippen molar-refractivity contribution >= 4 is 39.3 Å². The summed E-state index contributed by atoms with van der Waals surface area (Å²) < 4.78 is 6.38. The number of halogens is 1. The molecule has 0 aliphatic rings. The Morgan fingerprint density at radius 3 is 2.28 bits per heavy atom. The van der Waals surface area contributed by atoms with E-state index < -0.39 is 11.8 Å². The number of nitrogens with one attached hydrogen (secondary N) is 3. The Labute approximate surface area is 194 Å². The van der Waals surface area contributed by atoms with E-state index in [1.54, 1.807) is 42.5 Å². The number of anilines is 1. The normalized spacial score (nSPS) is 10.2. The zero-order chi connectivity index (χ0) is 23.1. The van der Waals surface area contributed by atoms with Gasteiger partial charge in [-0.1, -0.05) is 33.6 Å². The molecule has 0 saturated heterocycles. The molecule has 32 heavy (non-hydrogen) atoms. The molecule has 3 aromatic carbocycles. The molecular weight excluding hydrogens is 474 g/mol. The number of amides is 3. The van der Waals surface area contributed by atoms with Crippen LogP contribution in [-0.4, -0.2) is 24.3 Å². The summed E-state index contributed by atoms with van der Waals surface area (Å²) in [7, 11) is 0. The first kappa shape index (κ1) is 23.0. The van der Waals surface area contributed by atoms with E-state index in [0.29, 0.717) is 22.6 Å². The van der Waals surface area contributed by atoms with Crippen LogP contribution >= 0.6 is 15.9 Å². The van der Waals surface area contributed by atoms with Crippen molar-refractivity contribution in [1.29, 1.82) is 0 Å². The lowest BCUT2D eigenvalue weighted by atomic mass is 10.1. The third kappa shape index (κ3) is 6.42. The lowest BCUT2D eigenvalue weighted by Gasteiger charge is -2.11. The van der Waals surface area contributed by atoms with Gasteiger partial charge in [-0.25, -0.2) is 0 Å². The molecule has 8 heteroatoms. The minimum atomic E-state index is -0.497. The van der Waals surface area contributed by atoms with Crippen LogP contribution in [-0.2, 0) is 4.79 Å². The van der Waals surface area contributed by atoms with Gasteiger partial charge in [0.25, 0.3) is 17.7 Å². The molecule has 3 aromatic rings. The third-order valence-electron chi connectivity index (χ3n) is 4.50. The largest absolute Gasteiger partial charge is 0.483 e. The lowest BCUT2D eigenvalue weighted by molar-refractivity contribution is -0.123. The molecule has 0 aliphatic heterocycles. The van der Waals surface area contributed by atoms with Gasteiger partial charge in [0.05, 0.1) is 0 Å². The topological polar surface area (TPSA) is 96.5 Å². The Bertz CT molecular complexity index is 1150. The number of hydrogen-bond donors (Lipinski definition) is 3. The number of aryl methyl sites for hydroxylation is 2. The molecule has 3 amide bonds. The summed E-state index contributed by atoms with van der Waals surface area (Å²) in [6, 6.07) is 19.0. The van der Waals surface area contributed by atoms with E-state index in [0.717, 1.165) is 15.6 Å². The SMILES string of the molecule is Cc1cccc(C(=O)Nc2ccc(C(=O)NNC(=O)COc3ccc(Br)cc3C)cc2)c1. The van der Waals surface area contributed by atoms with Crippen molar-refractivity contribution in [2.24, 2.45) is 0 Å². The van der Waals surface area contributed by atoms with Crippen LogP contribution in [0.25, 0.3) is 0 Å². The number of ether oxygens (including phenoxy) is 1. The van der Waals surface area contributed by atoms with Crippen LogP contribution in [0.3, 0.4) is 0 Å². The van der Waals surface area contributed by atoms with Crippen molar-refractivity contribution in [3.05, 3.63) is 93.5 Å². The van der Waals surface area contributed by atoms with E-state index in [2.05, 4.69) is 32.1 Å². The fraction of sp³-hybridized carbons (Fsp3) is 0.125. The van der Waals surface area contributed by atoms with Crippen LogP contribution in [0, 0.1) is 13.8 Å². The van der Waals surface area contributed by atoms with Gasteiger partial charge in [-0.05, 0) is 74.0 Å². The second-order valence-corrected chi connectivity index (χ2v) is 8.02. The van der Waals surface area contributed by atoms with Crippen LogP contribution in [0.1, 0.15) is 31.8 Å². The smallest absolute Gasteiger partial charge is 0.276 e. The highest BCUT2D eigenvalue weighted by molar-refractivity contribution is 9.10. The first-order valence-corrected chi connectivity index (χ1v) is 10.6. The van der Waals surface area contributed by atoms with Gasteiger partial charge in [0, 0.05) is 21.3 Å². The number of rotatable bonds is 6. The molecule has 0 saturated carbocycles. The summed E-state index contributed by atoms with van der Waals surface area (Å²) in [4.78, 5) is 36.5. The number of hydrazine groups is 1. The Balaban J connectivity index is 1.47. The van der Waals surface area contributed by atoms with Gasteiger partial charge in [0.15, 0.2) is 6.61 Å². The molecule has 3 N–H and O–H groups in total. The molecule has 0 unspecified atom stereocenters. The maximum atomic E-state index is 12.3. The highest BCUT2D eigenvalue weighted by Crippen LogP contribution is 2.22. The molecule has 164 valence electrons. The van der Waals surface area contributed by atoms with Crippen molar-refractivity contribution < 1.29 is 19.1 Å². The predicted octanol–water partition coefficient (Wildman–Crippen LogP) is 4.16. The van der Waals surface area contributed by atoms with Crippen molar-refractivity contribution in [3.8, 4) is 5.75 Å². The summed E-state index contributed by atoms with van der Waals surface area (Å²) >= 11 is 3.37. The van der Waals surface area contributed by atoms with E-state index in [9.17, 15) is 14.4 Å². The standard InChI is InChI=1S/C24H22BrN3O4/c1-15-4-3-5-18(12-15)23(30)26-20-9-6-17(7-10-20)24(31)28-27-22(29)14-32-21-11-8-19(25)13-16(21)2/h3-13H,14H2,1-2H3,(H,26,30)(H,27,29)(H,28,31). The van der Waals surface area contributed by atoms with Gasteiger partial charge in [-0.15, -0.1) is 0 Å². The minimum absolute atomic E-state index is 0.237. The van der Waals surface area contributed by atoms with Crippen LogP contribution < -0.4 is 20.9 Å². The first-order valence-electron chi connectivity index (χ1n) is 9.78. The molecule has 0 heterocycles. The highest BCUT2D eigenvalue weighted by Gasteiger charge is 2.10. The fourth-order valence-electron chi connectivity index (χ4n) is 2.85. The Kier molecular flexibility index (Phi) is 7.62. The molecule has 0 spiro atoms. The Hall–Kier alpha value is -3.65. The molecule has 0 fully saturated rings. The fourth-order valence-corrected chi connectivity index (χ4v) is 3.32. The third-order valence-corrected chi connectivity index (χ3v) is 4.99. The van der Waals surface area contributed by atoms with Crippen molar-refractivity contribution in [2.45, 2.75) is 13.8 Å². The van der Waals surface area contributed by atoms with Gasteiger partial charge in [0.2, 0.25) is 0 Å². The molecular formula is C24H22BrN3O4. The number of carbonyl (C=O) groups is 3. The van der Waals surface area contributed by atoms with Crippen molar-refractivity contribution in [1.82, 2.24) is 10.9 Å². The molecule has 3 rings (SSSR count). The molecule has 0 radical (unpaired) electrons. The second kappa shape index (κ2) is 10.6. The van der Waals surface area contributed by atoms with E-state index in [-0.39, 0.29) is 12.5 Å². The zero-order valence-electron chi connectivity index (χ0n) is 17.6. The predicted molar refractivity (Wildman–Crippen MR) is 126 cm³/mol. The summed E-state index contributed by atoms with van der Waals surface area (Å²) in [6.45, 7) is 3.54. The zero-order valence-corrected chi connectivity index (χ0v) is 19.2. The number of hydrogen-bond acceptors (Lipinski definition) is 4. The summed E-state index contributed by atoms with van der Waals surface area (Å²) in [6.07, 6.45) is 0. The summed E-state index contributed by atoms with van der Waals surface area (Å²) in [5, 5.41) is 2.78. The average molecular weight is 496 g/mol. The van der Waals surface area contributed by atoms with Crippen LogP contribution in [0.4, 0.5) is 5.69 Å². The quantitative estimate of drug-likeness (QED) is 0.447. The Morgan fingerprint density at radius 2 is 1.59 bits per heavy atom. The van der Waals surface area contributed by atoms with Gasteiger partial charge in [0.1, 0.15) is 5.75 Å². The average Bonchev–Trinajstić information content (AvgIpc) is 2.77. The molecule has 0 aromatic heterocycles. The van der Waals surface area contributed by atoms with E-state index in [4.69, 9.17) is 4.74 Å². The monoisotopic (exact) mass is 495 g/mol. The maximum absolute atomic E-state index is 12.3. The van der Waals surface area contributed by atoms with Gasteiger partial charge < -0.3 is 10.1 Å². The van der Waals surface area contributed by atoms with Crippen molar-refractivity contribution in [2.75, 3.05) is 11.9 Å². The molecule has 0 atom stereocenters. The summed E-state index contributed by atoms with van der Waals surface area (Å²) in [5.74, 6) is -0.644. The maximum Gasteiger partial charge on any atom is 0.276 e. The van der Waals surface area contributed by atoms with Gasteiger partial charge in [-0.3, -0.25) is 25.2 Å². The van der Waals surface area contributed by atoms with Gasteiger partial charge >= 0.3 is 0 Å². The van der Waals surface area contributed by atoms with Crippen LogP contribution in [0.15, 0.2) is 71.2 Å². The van der Waals surface area contributed by atoms with Crippen molar-refractivity contribution in [3.63, 3.8) is 0 Å².